The van der Waals surface area contributed by atoms with Gasteiger partial charge < -0.3 is 19.7 Å². The average molecular weight is 369 g/mol. The van der Waals surface area contributed by atoms with E-state index in [4.69, 9.17) is 4.74 Å². The van der Waals surface area contributed by atoms with Crippen LogP contribution in [0.25, 0.3) is 0 Å². The van der Waals surface area contributed by atoms with Gasteiger partial charge in [0.05, 0.1) is 23.9 Å². The number of carbonyl (C=O) groups excluding carboxylic acids is 2. The van der Waals surface area contributed by atoms with Crippen LogP contribution in [0.3, 0.4) is 0 Å². The van der Waals surface area contributed by atoms with Crippen LogP contribution in [0.2, 0.25) is 0 Å². The van der Waals surface area contributed by atoms with Crippen LogP contribution in [0.1, 0.15) is 51.4 Å². The van der Waals surface area contributed by atoms with Gasteiger partial charge in [0.15, 0.2) is 0 Å². The Hall–Kier alpha value is -1.39. The number of fused-ring (bicyclic) bond motifs is 1. The van der Waals surface area contributed by atoms with Gasteiger partial charge in [-0.1, -0.05) is 0 Å². The number of nitrogens with zero attached hydrogens (tertiary/aromatic N) is 2. The van der Waals surface area contributed by atoms with Crippen molar-refractivity contribution in [2.75, 3.05) is 7.11 Å². The van der Waals surface area contributed by atoms with Gasteiger partial charge in [-0.15, -0.1) is 0 Å². The largest absolute Gasteiger partial charge is 0.378 e. The van der Waals surface area contributed by atoms with Gasteiger partial charge in [-0.25, -0.2) is 0 Å². The molecule has 0 aromatic rings. The average Bonchev–Trinajstić information content (AvgIpc) is 3.30. The van der Waals surface area contributed by atoms with Crippen molar-refractivity contribution in [2.45, 2.75) is 75.1 Å². The highest BCUT2D eigenvalue weighted by atomic mass is 16.5. The van der Waals surface area contributed by atoms with Crippen LogP contribution >= 0.6 is 0 Å². The van der Waals surface area contributed by atoms with Crippen LogP contribution in [-0.2, 0) is 14.3 Å². The summed E-state index contributed by atoms with van der Waals surface area (Å²) in [5.74, 6) is 1.78. The Bertz CT molecular complexity index is 693. The summed E-state index contributed by atoms with van der Waals surface area (Å²) < 4.78 is 6.03. The maximum atomic E-state index is 13.7. The molecule has 5 saturated carbocycles. The SMILES string of the molecule is COC12CC3CC(C1)CC([C@H](NBC=O)C(=O)N1C4C[C@H]4C[C@H]1C#N)(C3)C2. The summed E-state index contributed by atoms with van der Waals surface area (Å²) >= 11 is 0. The zero-order valence-electron chi connectivity index (χ0n) is 16.0. The summed E-state index contributed by atoms with van der Waals surface area (Å²) in [6.07, 6.45) is 9.11. The number of methoxy groups -OCH3 is 1. The molecule has 3 unspecified atom stereocenters. The van der Waals surface area contributed by atoms with Crippen molar-refractivity contribution in [1.29, 1.82) is 5.26 Å². The van der Waals surface area contributed by atoms with Crippen LogP contribution in [-0.4, -0.2) is 55.2 Å². The molecular weight excluding hydrogens is 341 g/mol. The Morgan fingerprint density at radius 1 is 1.30 bits per heavy atom. The van der Waals surface area contributed by atoms with E-state index in [0.717, 1.165) is 51.1 Å². The van der Waals surface area contributed by atoms with Crippen LogP contribution in [0.4, 0.5) is 0 Å². The second-order valence-electron chi connectivity index (χ2n) is 9.91. The van der Waals surface area contributed by atoms with Gasteiger partial charge in [0, 0.05) is 13.2 Å². The highest BCUT2D eigenvalue weighted by Gasteiger charge is 2.63. The van der Waals surface area contributed by atoms with Gasteiger partial charge in [0.25, 0.3) is 7.41 Å². The zero-order valence-corrected chi connectivity index (χ0v) is 16.0. The first-order chi connectivity index (χ1) is 13.0. The van der Waals surface area contributed by atoms with Crippen molar-refractivity contribution in [1.82, 2.24) is 10.1 Å². The molecule has 0 aromatic carbocycles. The minimum Gasteiger partial charge on any atom is -0.378 e. The van der Waals surface area contributed by atoms with E-state index >= 15 is 0 Å². The lowest BCUT2D eigenvalue weighted by Crippen LogP contribution is -2.66. The molecule has 1 aliphatic heterocycles. The molecule has 0 aromatic heterocycles. The van der Waals surface area contributed by atoms with Crippen molar-refractivity contribution in [2.24, 2.45) is 23.2 Å². The van der Waals surface area contributed by atoms with Crippen molar-refractivity contribution < 1.29 is 14.3 Å². The number of carbonyl (C=O) groups is 2. The van der Waals surface area contributed by atoms with Crippen LogP contribution < -0.4 is 5.23 Å². The molecule has 144 valence electrons. The molecule has 6 aliphatic rings. The van der Waals surface area contributed by atoms with E-state index in [1.54, 1.807) is 0 Å². The molecule has 6 atom stereocenters. The minimum absolute atomic E-state index is 0.0570. The number of ether oxygens (including phenoxy) is 1. The lowest BCUT2D eigenvalue weighted by molar-refractivity contribution is -0.191. The second-order valence-corrected chi connectivity index (χ2v) is 9.91. The summed E-state index contributed by atoms with van der Waals surface area (Å²) in [6.45, 7) is 0. The number of nitriles is 1. The molecular formula is C20H28BN3O3. The number of hydrogen-bond donors (Lipinski definition) is 1. The highest BCUT2D eigenvalue weighted by molar-refractivity contribution is 6.64. The first-order valence-electron chi connectivity index (χ1n) is 10.5. The Morgan fingerprint density at radius 3 is 2.67 bits per heavy atom. The van der Waals surface area contributed by atoms with Gasteiger partial charge in [-0.2, -0.15) is 5.26 Å². The number of amides is 1. The number of likely N-dealkylation sites (tertiary alicyclic amines) is 1. The van der Waals surface area contributed by atoms with E-state index in [9.17, 15) is 14.9 Å². The topological polar surface area (TPSA) is 82.4 Å². The van der Waals surface area contributed by atoms with Crippen molar-refractivity contribution >= 4 is 19.5 Å². The van der Waals surface area contributed by atoms with Gasteiger partial charge >= 0.3 is 0 Å². The number of hydrogen-bond acceptors (Lipinski definition) is 5. The van der Waals surface area contributed by atoms with Crippen molar-refractivity contribution in [3.8, 4) is 6.07 Å². The van der Waals surface area contributed by atoms with E-state index in [1.807, 2.05) is 12.0 Å². The van der Waals surface area contributed by atoms with Gasteiger partial charge in [-0.3, -0.25) is 4.79 Å². The number of rotatable bonds is 6. The Kier molecular flexibility index (Phi) is 3.97. The summed E-state index contributed by atoms with van der Waals surface area (Å²) in [7, 11) is 2.00. The van der Waals surface area contributed by atoms with E-state index in [0.29, 0.717) is 17.8 Å². The monoisotopic (exact) mass is 369 g/mol. The van der Waals surface area contributed by atoms with Gasteiger partial charge in [-0.05, 0) is 74.5 Å². The summed E-state index contributed by atoms with van der Waals surface area (Å²) in [5, 5.41) is 12.9. The Morgan fingerprint density at radius 2 is 2.04 bits per heavy atom. The zero-order chi connectivity index (χ0) is 18.8. The highest BCUT2D eigenvalue weighted by Crippen LogP contribution is 2.64. The Balaban J connectivity index is 1.48. The van der Waals surface area contributed by atoms with Crippen LogP contribution in [0.5, 0.6) is 0 Å². The smallest absolute Gasteiger partial charge is 0.278 e. The maximum absolute atomic E-state index is 13.7. The fourth-order valence-electron chi connectivity index (χ4n) is 7.59. The first-order valence-corrected chi connectivity index (χ1v) is 10.5. The quantitative estimate of drug-likeness (QED) is 0.558. The molecule has 4 bridgehead atoms. The molecule has 6 rings (SSSR count). The van der Waals surface area contributed by atoms with Crippen molar-refractivity contribution in [3.63, 3.8) is 0 Å². The van der Waals surface area contributed by atoms with Gasteiger partial charge in [0.1, 0.15) is 6.04 Å². The van der Waals surface area contributed by atoms with Crippen LogP contribution in [0, 0.1) is 34.5 Å². The normalized spacial score (nSPS) is 47.3. The second kappa shape index (κ2) is 6.05. The standard InChI is InChI=1S/C20H28BN3O3/c1-27-20-7-12-2-13(8-20)6-19(5-12,10-20)17(23-21-11-25)18(26)24-15(9-22)3-14-4-16(14)24/h11-17,21,23H,2-8,10H2,1H3/t12?,13?,14-,15+,16?,17-,19?,20?/m1/s1. The third-order valence-corrected chi connectivity index (χ3v) is 8.26. The summed E-state index contributed by atoms with van der Waals surface area (Å²) in [6, 6.07) is 1.91. The number of piperidine rings is 1. The number of nitrogens with one attached hydrogen (secondary N) is 1. The molecule has 0 radical (unpaired) electrons. The minimum atomic E-state index is -0.377. The fraction of sp³-hybridized carbons (Fsp3) is 0.850. The molecule has 6 fully saturated rings. The lowest BCUT2D eigenvalue weighted by atomic mass is 9.45. The summed E-state index contributed by atoms with van der Waals surface area (Å²) in [4.78, 5) is 26.7. The van der Waals surface area contributed by atoms with E-state index in [-0.39, 0.29) is 42.5 Å². The molecule has 1 heterocycles. The predicted octanol–water partition coefficient (Wildman–Crippen LogP) is 0.985. The van der Waals surface area contributed by atoms with Crippen LogP contribution in [0.15, 0.2) is 0 Å². The molecule has 6 nitrogen and oxygen atoms in total. The fourth-order valence-corrected chi connectivity index (χ4v) is 7.59. The maximum Gasteiger partial charge on any atom is 0.278 e. The van der Waals surface area contributed by atoms with E-state index in [1.165, 1.54) is 6.42 Å². The molecule has 0 spiro atoms. The molecule has 1 amide bonds. The van der Waals surface area contributed by atoms with Crippen molar-refractivity contribution in [3.05, 3.63) is 0 Å². The molecule has 1 saturated heterocycles. The Labute approximate surface area is 161 Å². The lowest BCUT2D eigenvalue weighted by Gasteiger charge is -2.63. The predicted molar refractivity (Wildman–Crippen MR) is 100 cm³/mol. The summed E-state index contributed by atoms with van der Waals surface area (Å²) in [5.41, 5.74) is -0.250. The third-order valence-electron chi connectivity index (χ3n) is 8.26. The molecule has 7 heteroatoms. The van der Waals surface area contributed by atoms with E-state index in [2.05, 4.69) is 11.3 Å². The van der Waals surface area contributed by atoms with E-state index < -0.39 is 0 Å². The molecule has 5 aliphatic carbocycles. The molecule has 27 heavy (non-hydrogen) atoms. The third kappa shape index (κ3) is 2.60. The first kappa shape index (κ1) is 17.7. The van der Waals surface area contributed by atoms with Gasteiger partial charge in [0.2, 0.25) is 5.91 Å². The molecule has 1 N–H and O–H groups in total.